The maximum Gasteiger partial charge on any atom is 0.398 e. The molecule has 0 radical (unpaired) electrons. The molecule has 2 aromatic rings. The van der Waals surface area contributed by atoms with Crippen molar-refractivity contribution in [3.63, 3.8) is 0 Å². The molecule has 0 aromatic heterocycles. The fourth-order valence-electron chi connectivity index (χ4n) is 1.71. The number of benzene rings is 2. The molecule has 2 rings (SSSR count). The minimum absolute atomic E-state index is 0.0120. The lowest BCUT2D eigenvalue weighted by molar-refractivity contribution is -0.105. The van der Waals surface area contributed by atoms with Crippen LogP contribution in [-0.4, -0.2) is 11.9 Å². The standard InChI is InChI=1S/C14H7Br2F5S/c15-7-1-2-8(11(17)3-7)9-4-13(10(16)5-12(9)18)22-6-14(19,20)21/h1-5H,6H2. The van der Waals surface area contributed by atoms with Crippen LogP contribution < -0.4 is 0 Å². The lowest BCUT2D eigenvalue weighted by Gasteiger charge is -2.11. The zero-order chi connectivity index (χ0) is 16.5. The summed E-state index contributed by atoms with van der Waals surface area (Å²) in [5.74, 6) is -2.49. The van der Waals surface area contributed by atoms with Crippen molar-refractivity contribution in [2.24, 2.45) is 0 Å². The van der Waals surface area contributed by atoms with Gasteiger partial charge in [0.2, 0.25) is 0 Å². The number of alkyl halides is 3. The molecule has 0 saturated carbocycles. The number of halogens is 7. The van der Waals surface area contributed by atoms with Crippen LogP contribution >= 0.6 is 43.6 Å². The Bertz CT molecular complexity index is 700. The van der Waals surface area contributed by atoms with Crippen LogP contribution in [0.25, 0.3) is 11.1 Å². The third kappa shape index (κ3) is 4.45. The van der Waals surface area contributed by atoms with Crippen LogP contribution in [0.2, 0.25) is 0 Å². The number of hydrogen-bond acceptors (Lipinski definition) is 1. The van der Waals surface area contributed by atoms with Gasteiger partial charge in [-0.15, -0.1) is 11.8 Å². The van der Waals surface area contributed by atoms with Crippen LogP contribution in [-0.2, 0) is 0 Å². The first-order chi connectivity index (χ1) is 10.2. The van der Waals surface area contributed by atoms with Crippen LogP contribution in [0.4, 0.5) is 22.0 Å². The number of rotatable bonds is 3. The highest BCUT2D eigenvalue weighted by Crippen LogP contribution is 2.37. The predicted octanol–water partition coefficient (Wildman–Crippen LogP) is 6.81. The van der Waals surface area contributed by atoms with Crippen LogP contribution in [0.5, 0.6) is 0 Å². The molecule has 0 bridgehead atoms. The van der Waals surface area contributed by atoms with Crippen LogP contribution in [0, 0.1) is 11.6 Å². The van der Waals surface area contributed by atoms with E-state index in [1.165, 1.54) is 24.3 Å². The Morgan fingerprint density at radius 3 is 2.14 bits per heavy atom. The largest absolute Gasteiger partial charge is 0.398 e. The van der Waals surface area contributed by atoms with E-state index in [9.17, 15) is 22.0 Å². The molecule has 22 heavy (non-hydrogen) atoms. The number of hydrogen-bond donors (Lipinski definition) is 0. The smallest absolute Gasteiger partial charge is 0.206 e. The molecule has 0 N–H and O–H groups in total. The molecule has 0 aliphatic rings. The molecule has 0 amide bonds. The minimum atomic E-state index is -4.35. The Morgan fingerprint density at radius 2 is 1.55 bits per heavy atom. The lowest BCUT2D eigenvalue weighted by Crippen LogP contribution is -2.10. The van der Waals surface area contributed by atoms with Gasteiger partial charge in [0.15, 0.2) is 0 Å². The van der Waals surface area contributed by atoms with Gasteiger partial charge >= 0.3 is 6.18 Å². The first kappa shape index (κ1) is 17.7. The highest BCUT2D eigenvalue weighted by atomic mass is 79.9. The van der Waals surface area contributed by atoms with Crippen molar-refractivity contribution in [1.82, 2.24) is 0 Å². The molecule has 0 unspecified atom stereocenters. The maximum absolute atomic E-state index is 14.0. The van der Waals surface area contributed by atoms with Gasteiger partial charge in [0.25, 0.3) is 0 Å². The summed E-state index contributed by atoms with van der Waals surface area (Å²) >= 11 is 6.62. The fourth-order valence-corrected chi connectivity index (χ4v) is 3.42. The molecule has 118 valence electrons. The Hall–Kier alpha value is -0.600. The van der Waals surface area contributed by atoms with Crippen LogP contribution in [0.1, 0.15) is 0 Å². The molecule has 0 nitrogen and oxygen atoms in total. The van der Waals surface area contributed by atoms with E-state index in [-0.39, 0.29) is 20.5 Å². The fraction of sp³-hybridized carbons (Fsp3) is 0.143. The van der Waals surface area contributed by atoms with Crippen molar-refractivity contribution < 1.29 is 22.0 Å². The van der Waals surface area contributed by atoms with Crippen molar-refractivity contribution in [3.05, 3.63) is 50.9 Å². The molecule has 0 aliphatic carbocycles. The van der Waals surface area contributed by atoms with Gasteiger partial charge in [0, 0.05) is 25.0 Å². The van der Waals surface area contributed by atoms with Gasteiger partial charge in [-0.2, -0.15) is 13.2 Å². The van der Waals surface area contributed by atoms with Crippen molar-refractivity contribution in [2.75, 3.05) is 5.75 Å². The van der Waals surface area contributed by atoms with Crippen molar-refractivity contribution in [3.8, 4) is 11.1 Å². The molecule has 2 aromatic carbocycles. The molecule has 0 spiro atoms. The molecule has 0 atom stereocenters. The quantitative estimate of drug-likeness (QED) is 0.357. The average Bonchev–Trinajstić information content (AvgIpc) is 2.38. The van der Waals surface area contributed by atoms with Gasteiger partial charge < -0.3 is 0 Å². The molecule has 0 fully saturated rings. The summed E-state index contributed by atoms with van der Waals surface area (Å²) in [5.41, 5.74) is -0.0973. The first-order valence-corrected chi connectivity index (χ1v) is 8.38. The summed E-state index contributed by atoms with van der Waals surface area (Å²) in [6.07, 6.45) is -4.35. The molecule has 0 heterocycles. The van der Waals surface area contributed by atoms with Gasteiger partial charge in [-0.25, -0.2) is 8.78 Å². The summed E-state index contributed by atoms with van der Waals surface area (Å²) in [7, 11) is 0. The SMILES string of the molecule is Fc1cc(Br)ccc1-c1cc(SCC(F)(F)F)c(Br)cc1F. The van der Waals surface area contributed by atoms with E-state index in [0.717, 1.165) is 6.07 Å². The van der Waals surface area contributed by atoms with E-state index in [4.69, 9.17) is 0 Å². The minimum Gasteiger partial charge on any atom is -0.206 e. The zero-order valence-electron chi connectivity index (χ0n) is 10.6. The van der Waals surface area contributed by atoms with Gasteiger partial charge in [-0.1, -0.05) is 22.0 Å². The lowest BCUT2D eigenvalue weighted by atomic mass is 10.0. The second-order valence-electron chi connectivity index (χ2n) is 4.29. The van der Waals surface area contributed by atoms with Crippen molar-refractivity contribution >= 4 is 43.6 Å². The second-order valence-corrected chi connectivity index (χ2v) is 7.08. The summed E-state index contributed by atoms with van der Waals surface area (Å²) in [5, 5.41) is 0. The Balaban J connectivity index is 2.44. The third-order valence-electron chi connectivity index (χ3n) is 2.63. The van der Waals surface area contributed by atoms with E-state index in [1.54, 1.807) is 0 Å². The van der Waals surface area contributed by atoms with Crippen molar-refractivity contribution in [1.29, 1.82) is 0 Å². The summed E-state index contributed by atoms with van der Waals surface area (Å²) in [6, 6.07) is 6.31. The van der Waals surface area contributed by atoms with Gasteiger partial charge in [0.1, 0.15) is 11.6 Å². The average molecular weight is 462 g/mol. The zero-order valence-corrected chi connectivity index (χ0v) is 14.6. The van der Waals surface area contributed by atoms with E-state index in [0.29, 0.717) is 16.2 Å². The summed E-state index contributed by atoms with van der Waals surface area (Å²) < 4.78 is 65.6. The summed E-state index contributed by atoms with van der Waals surface area (Å²) in [4.78, 5) is 0.191. The monoisotopic (exact) mass is 460 g/mol. The highest BCUT2D eigenvalue weighted by molar-refractivity contribution is 9.10. The number of thioether (sulfide) groups is 1. The summed E-state index contributed by atoms with van der Waals surface area (Å²) in [6.45, 7) is 0. The van der Waals surface area contributed by atoms with E-state index in [1.807, 2.05) is 0 Å². The van der Waals surface area contributed by atoms with E-state index < -0.39 is 23.6 Å². The van der Waals surface area contributed by atoms with Crippen LogP contribution in [0.3, 0.4) is 0 Å². The van der Waals surface area contributed by atoms with Gasteiger partial charge in [0.05, 0.1) is 5.75 Å². The van der Waals surface area contributed by atoms with Crippen molar-refractivity contribution in [2.45, 2.75) is 11.1 Å². The normalized spacial score (nSPS) is 11.8. The second kappa shape index (κ2) is 6.88. The Morgan fingerprint density at radius 1 is 0.909 bits per heavy atom. The molecular formula is C14H7Br2F5S. The molecular weight excluding hydrogens is 455 g/mol. The molecule has 0 saturated heterocycles. The van der Waals surface area contributed by atoms with Crippen LogP contribution in [0.15, 0.2) is 44.2 Å². The molecule has 8 heteroatoms. The highest BCUT2D eigenvalue weighted by Gasteiger charge is 2.28. The topological polar surface area (TPSA) is 0 Å². The van der Waals surface area contributed by atoms with Gasteiger partial charge in [-0.05, 0) is 40.2 Å². The predicted molar refractivity (Wildman–Crippen MR) is 84.0 cm³/mol. The first-order valence-electron chi connectivity index (χ1n) is 5.81. The van der Waals surface area contributed by atoms with E-state index in [2.05, 4.69) is 31.9 Å². The maximum atomic E-state index is 14.0. The van der Waals surface area contributed by atoms with Gasteiger partial charge in [-0.3, -0.25) is 0 Å². The van der Waals surface area contributed by atoms with E-state index >= 15 is 0 Å². The Labute approximate surface area is 144 Å². The Kier molecular flexibility index (Phi) is 5.55. The third-order valence-corrected chi connectivity index (χ3v) is 5.17. The molecule has 0 aliphatic heterocycles.